The van der Waals surface area contributed by atoms with Gasteiger partial charge < -0.3 is 4.74 Å². The van der Waals surface area contributed by atoms with Crippen molar-refractivity contribution in [1.29, 1.82) is 0 Å². The lowest BCUT2D eigenvalue weighted by molar-refractivity contribution is 0.190. The molecule has 0 aliphatic carbocycles. The second-order valence-electron chi connectivity index (χ2n) is 5.18. The van der Waals surface area contributed by atoms with Crippen LogP contribution in [-0.2, 0) is 11.3 Å². The number of anilines is 1. The lowest BCUT2D eigenvalue weighted by Gasteiger charge is -2.12. The van der Waals surface area contributed by atoms with Crippen LogP contribution in [0.15, 0.2) is 51.0 Å². The van der Waals surface area contributed by atoms with Gasteiger partial charge in [0.15, 0.2) is 0 Å². The van der Waals surface area contributed by atoms with E-state index in [0.717, 1.165) is 12.0 Å². The van der Waals surface area contributed by atoms with Crippen molar-refractivity contribution in [2.45, 2.75) is 13.0 Å². The molecule has 3 aromatic rings. The summed E-state index contributed by atoms with van der Waals surface area (Å²) in [5, 5.41) is 8.77. The quantitative estimate of drug-likeness (QED) is 0.407. The van der Waals surface area contributed by atoms with Gasteiger partial charge in [-0.2, -0.15) is 16.4 Å². The van der Waals surface area contributed by atoms with Gasteiger partial charge in [-0.25, -0.2) is 10.4 Å². The maximum atomic E-state index is 12.7. The largest absolute Gasteiger partial charge is 0.385 e. The molecular weight excluding hydrogens is 324 g/mol. The molecule has 1 N–H and O–H groups in total. The summed E-state index contributed by atoms with van der Waals surface area (Å²) in [6.07, 6.45) is 2.43. The van der Waals surface area contributed by atoms with E-state index in [1.54, 1.807) is 35.3 Å². The van der Waals surface area contributed by atoms with Gasteiger partial charge in [-0.3, -0.25) is 9.36 Å². The summed E-state index contributed by atoms with van der Waals surface area (Å²) < 4.78 is 6.68. The number of ether oxygens (including phenoxy) is 1. The summed E-state index contributed by atoms with van der Waals surface area (Å²) in [6, 6.07) is 9.28. The molecule has 7 heteroatoms. The van der Waals surface area contributed by atoms with Crippen LogP contribution < -0.4 is 11.0 Å². The molecule has 0 amide bonds. The number of rotatable bonds is 7. The Morgan fingerprint density at radius 3 is 3.04 bits per heavy atom. The molecule has 0 atom stereocenters. The van der Waals surface area contributed by atoms with Crippen molar-refractivity contribution in [3.63, 3.8) is 0 Å². The molecule has 2 aromatic heterocycles. The molecule has 6 nitrogen and oxygen atoms in total. The molecule has 0 spiro atoms. The monoisotopic (exact) mass is 342 g/mol. The highest BCUT2D eigenvalue weighted by molar-refractivity contribution is 7.08. The first-order chi connectivity index (χ1) is 11.8. The average Bonchev–Trinajstić information content (AvgIpc) is 3.11. The standard InChI is InChI=1S/C17H18N4O2S/c1-23-9-4-8-21-16(22)14-5-2-3-6-15(14)19-17(21)20-18-11-13-7-10-24-12-13/h2-3,5-7,10-12H,4,8-9H2,1H3,(H,19,20)/b18-11-. The van der Waals surface area contributed by atoms with E-state index in [2.05, 4.69) is 15.5 Å². The van der Waals surface area contributed by atoms with Gasteiger partial charge >= 0.3 is 0 Å². The smallest absolute Gasteiger partial charge is 0.262 e. The Balaban J connectivity index is 1.93. The molecule has 0 saturated heterocycles. The highest BCUT2D eigenvalue weighted by Gasteiger charge is 2.10. The van der Waals surface area contributed by atoms with E-state index in [0.29, 0.717) is 30.0 Å². The van der Waals surface area contributed by atoms with Crippen LogP contribution in [0.3, 0.4) is 0 Å². The highest BCUT2D eigenvalue weighted by Crippen LogP contribution is 2.12. The number of aromatic nitrogens is 2. The topological polar surface area (TPSA) is 68.5 Å². The van der Waals surface area contributed by atoms with Crippen LogP contribution in [0.5, 0.6) is 0 Å². The number of hydrogen-bond acceptors (Lipinski definition) is 6. The summed E-state index contributed by atoms with van der Waals surface area (Å²) in [4.78, 5) is 17.3. The zero-order valence-electron chi connectivity index (χ0n) is 13.3. The minimum absolute atomic E-state index is 0.0788. The Bertz CT molecular complexity index is 887. The fourth-order valence-corrected chi connectivity index (χ4v) is 2.95. The third kappa shape index (κ3) is 3.69. The van der Waals surface area contributed by atoms with Gasteiger partial charge in [0, 0.05) is 25.8 Å². The number of para-hydroxylation sites is 1. The van der Waals surface area contributed by atoms with Crippen molar-refractivity contribution >= 4 is 34.4 Å². The fraction of sp³-hybridized carbons (Fsp3) is 0.235. The molecule has 24 heavy (non-hydrogen) atoms. The van der Waals surface area contributed by atoms with Crippen molar-refractivity contribution in [3.05, 3.63) is 57.0 Å². The number of nitrogens with zero attached hydrogens (tertiary/aromatic N) is 3. The second kappa shape index (κ2) is 7.85. The molecule has 124 valence electrons. The van der Waals surface area contributed by atoms with E-state index in [4.69, 9.17) is 4.74 Å². The average molecular weight is 342 g/mol. The van der Waals surface area contributed by atoms with Crippen LogP contribution in [0.1, 0.15) is 12.0 Å². The predicted octanol–water partition coefficient (Wildman–Crippen LogP) is 2.94. The van der Waals surface area contributed by atoms with Crippen molar-refractivity contribution < 1.29 is 4.74 Å². The molecular formula is C17H18N4O2S. The Kier molecular flexibility index (Phi) is 5.35. The number of benzene rings is 1. The normalized spacial score (nSPS) is 11.4. The van der Waals surface area contributed by atoms with E-state index >= 15 is 0 Å². The molecule has 0 radical (unpaired) electrons. The minimum atomic E-state index is -0.0788. The number of hydrazone groups is 1. The second-order valence-corrected chi connectivity index (χ2v) is 5.96. The molecule has 2 heterocycles. The molecule has 3 rings (SSSR count). The van der Waals surface area contributed by atoms with E-state index < -0.39 is 0 Å². The maximum Gasteiger partial charge on any atom is 0.262 e. The number of hydrogen-bond donors (Lipinski definition) is 1. The Morgan fingerprint density at radius 2 is 2.25 bits per heavy atom. The van der Waals surface area contributed by atoms with Gasteiger partial charge in [0.1, 0.15) is 0 Å². The van der Waals surface area contributed by atoms with Crippen LogP contribution in [0, 0.1) is 0 Å². The molecule has 0 unspecified atom stereocenters. The third-order valence-corrected chi connectivity index (χ3v) is 4.21. The summed E-state index contributed by atoms with van der Waals surface area (Å²) in [5.74, 6) is 0.432. The van der Waals surface area contributed by atoms with Gasteiger partial charge in [-0.1, -0.05) is 12.1 Å². The van der Waals surface area contributed by atoms with Crippen LogP contribution in [-0.4, -0.2) is 29.5 Å². The van der Waals surface area contributed by atoms with Crippen LogP contribution in [0.25, 0.3) is 10.9 Å². The fourth-order valence-electron chi connectivity index (χ4n) is 2.34. The van der Waals surface area contributed by atoms with Crippen LogP contribution in [0.2, 0.25) is 0 Å². The Labute approximate surface area is 143 Å². The van der Waals surface area contributed by atoms with E-state index in [9.17, 15) is 4.79 Å². The first kappa shape index (κ1) is 16.4. The molecule has 0 aliphatic rings. The number of fused-ring (bicyclic) bond motifs is 1. The lowest BCUT2D eigenvalue weighted by atomic mass is 10.2. The summed E-state index contributed by atoms with van der Waals surface area (Å²) in [6.45, 7) is 1.09. The Morgan fingerprint density at radius 1 is 1.38 bits per heavy atom. The molecule has 0 saturated carbocycles. The minimum Gasteiger partial charge on any atom is -0.385 e. The van der Waals surface area contributed by atoms with Gasteiger partial charge in [0.25, 0.3) is 5.56 Å². The summed E-state index contributed by atoms with van der Waals surface area (Å²) in [7, 11) is 1.64. The SMILES string of the molecule is COCCCn1c(N/N=C\c2ccsc2)nc2ccccc2c1=O. The van der Waals surface area contributed by atoms with Crippen molar-refractivity contribution in [2.24, 2.45) is 5.10 Å². The van der Waals surface area contributed by atoms with E-state index in [-0.39, 0.29) is 5.56 Å². The highest BCUT2D eigenvalue weighted by atomic mass is 32.1. The van der Waals surface area contributed by atoms with Crippen molar-refractivity contribution in [3.8, 4) is 0 Å². The van der Waals surface area contributed by atoms with E-state index in [1.807, 2.05) is 35.0 Å². The molecule has 0 aliphatic heterocycles. The van der Waals surface area contributed by atoms with E-state index in [1.165, 1.54) is 0 Å². The zero-order valence-corrected chi connectivity index (χ0v) is 14.1. The van der Waals surface area contributed by atoms with Crippen LogP contribution >= 0.6 is 11.3 Å². The molecule has 0 fully saturated rings. The van der Waals surface area contributed by atoms with Crippen molar-refractivity contribution in [1.82, 2.24) is 9.55 Å². The van der Waals surface area contributed by atoms with Gasteiger partial charge in [-0.15, -0.1) is 0 Å². The number of nitrogens with one attached hydrogen (secondary N) is 1. The van der Waals surface area contributed by atoms with Gasteiger partial charge in [-0.05, 0) is 35.4 Å². The first-order valence-corrected chi connectivity index (χ1v) is 8.53. The predicted molar refractivity (Wildman–Crippen MR) is 98.0 cm³/mol. The number of methoxy groups -OCH3 is 1. The zero-order chi connectivity index (χ0) is 16.8. The first-order valence-electron chi connectivity index (χ1n) is 7.59. The van der Waals surface area contributed by atoms with Crippen molar-refractivity contribution in [2.75, 3.05) is 19.1 Å². The van der Waals surface area contributed by atoms with Gasteiger partial charge in [0.2, 0.25) is 5.95 Å². The van der Waals surface area contributed by atoms with Crippen LogP contribution in [0.4, 0.5) is 5.95 Å². The van der Waals surface area contributed by atoms with Gasteiger partial charge in [0.05, 0.1) is 17.1 Å². The maximum absolute atomic E-state index is 12.7. The number of thiophene rings is 1. The lowest BCUT2D eigenvalue weighted by Crippen LogP contribution is -2.24. The summed E-state index contributed by atoms with van der Waals surface area (Å²) in [5.41, 5.74) is 4.47. The molecule has 0 bridgehead atoms. The Hall–Kier alpha value is -2.51. The third-order valence-electron chi connectivity index (χ3n) is 3.51. The molecule has 1 aromatic carbocycles. The summed E-state index contributed by atoms with van der Waals surface area (Å²) >= 11 is 1.60.